The van der Waals surface area contributed by atoms with Crippen molar-refractivity contribution in [1.29, 1.82) is 0 Å². The maximum atomic E-state index is 12.1. The molecule has 0 atom stereocenters. The topological polar surface area (TPSA) is 82.8 Å². The zero-order valence-corrected chi connectivity index (χ0v) is 11.2. The fraction of sp³-hybridized carbons (Fsp3) is 0.200. The molecule has 6 heteroatoms. The average Bonchev–Trinajstić information content (AvgIpc) is 2.98. The maximum absolute atomic E-state index is 12.1. The van der Waals surface area contributed by atoms with Crippen LogP contribution in [0, 0.1) is 0 Å². The van der Waals surface area contributed by atoms with E-state index >= 15 is 0 Å². The van der Waals surface area contributed by atoms with Crippen LogP contribution in [0.5, 0.6) is 0 Å². The third-order valence-electron chi connectivity index (χ3n) is 3.26. The predicted octanol–water partition coefficient (Wildman–Crippen LogP) is 1.35. The van der Waals surface area contributed by atoms with Gasteiger partial charge in [-0.15, -0.1) is 0 Å². The van der Waals surface area contributed by atoms with Gasteiger partial charge in [0.25, 0.3) is 11.8 Å². The summed E-state index contributed by atoms with van der Waals surface area (Å²) in [6.07, 6.45) is 0.986. The molecule has 2 heterocycles. The second kappa shape index (κ2) is 5.41. The molecule has 1 aliphatic heterocycles. The number of carbonyl (C=O) groups is 2. The molecular formula is C15H14N2O4. The van der Waals surface area contributed by atoms with Gasteiger partial charge in [0, 0.05) is 24.3 Å². The van der Waals surface area contributed by atoms with E-state index in [-0.39, 0.29) is 17.6 Å². The fourth-order valence-electron chi connectivity index (χ4n) is 2.13. The van der Waals surface area contributed by atoms with Crippen LogP contribution in [0.2, 0.25) is 0 Å². The van der Waals surface area contributed by atoms with Crippen molar-refractivity contribution < 1.29 is 19.1 Å². The first-order valence-corrected chi connectivity index (χ1v) is 6.56. The van der Waals surface area contributed by atoms with Gasteiger partial charge < -0.3 is 19.7 Å². The molecular weight excluding hydrogens is 272 g/mol. The highest BCUT2D eigenvalue weighted by atomic mass is 16.3. The van der Waals surface area contributed by atoms with Crippen LogP contribution in [-0.4, -0.2) is 41.0 Å². The smallest absolute Gasteiger partial charge is 0.291 e. The maximum Gasteiger partial charge on any atom is 0.291 e. The average molecular weight is 286 g/mol. The molecule has 108 valence electrons. The Morgan fingerprint density at radius 1 is 1.24 bits per heavy atom. The molecule has 21 heavy (non-hydrogen) atoms. The fourth-order valence-corrected chi connectivity index (χ4v) is 2.13. The second-order valence-corrected chi connectivity index (χ2v) is 4.88. The quantitative estimate of drug-likeness (QED) is 0.892. The van der Waals surface area contributed by atoms with Gasteiger partial charge in [-0.05, 0) is 30.3 Å². The Bertz CT molecular complexity index is 660. The number of likely N-dealkylation sites (tertiary alicyclic amines) is 1. The minimum absolute atomic E-state index is 0.158. The number of β-amino-alcohol motifs (C(OH)–C–C–N with tert-alkyl or cyclic N) is 1. The van der Waals surface area contributed by atoms with Crippen molar-refractivity contribution in [1.82, 2.24) is 4.90 Å². The van der Waals surface area contributed by atoms with E-state index in [0.717, 1.165) is 0 Å². The van der Waals surface area contributed by atoms with Crippen LogP contribution < -0.4 is 5.32 Å². The molecule has 1 saturated heterocycles. The normalized spacial score (nSPS) is 14.6. The lowest BCUT2D eigenvalue weighted by Gasteiger charge is -2.35. The molecule has 0 spiro atoms. The van der Waals surface area contributed by atoms with Crippen molar-refractivity contribution in [3.63, 3.8) is 0 Å². The van der Waals surface area contributed by atoms with Crippen molar-refractivity contribution >= 4 is 17.5 Å². The van der Waals surface area contributed by atoms with Gasteiger partial charge >= 0.3 is 0 Å². The number of nitrogens with zero attached hydrogens (tertiary/aromatic N) is 1. The van der Waals surface area contributed by atoms with E-state index in [1.54, 1.807) is 41.3 Å². The van der Waals surface area contributed by atoms with Crippen LogP contribution >= 0.6 is 0 Å². The highest BCUT2D eigenvalue weighted by Gasteiger charge is 2.29. The molecule has 3 rings (SSSR count). The first kappa shape index (κ1) is 13.4. The van der Waals surface area contributed by atoms with Crippen molar-refractivity contribution in [2.24, 2.45) is 0 Å². The van der Waals surface area contributed by atoms with Gasteiger partial charge in [-0.3, -0.25) is 9.59 Å². The Morgan fingerprint density at radius 2 is 2.05 bits per heavy atom. The number of carbonyl (C=O) groups excluding carboxylic acids is 2. The van der Waals surface area contributed by atoms with Gasteiger partial charge in [-0.1, -0.05) is 6.07 Å². The molecule has 2 N–H and O–H groups in total. The first-order chi connectivity index (χ1) is 10.1. The Hall–Kier alpha value is -2.60. The van der Waals surface area contributed by atoms with Gasteiger partial charge in [-0.2, -0.15) is 0 Å². The number of nitrogens with one attached hydrogen (secondary N) is 1. The number of furan rings is 1. The number of aliphatic hydroxyl groups excluding tert-OH is 1. The molecule has 1 fully saturated rings. The van der Waals surface area contributed by atoms with Gasteiger partial charge in [0.05, 0.1) is 12.4 Å². The lowest BCUT2D eigenvalue weighted by molar-refractivity contribution is 0.00590. The van der Waals surface area contributed by atoms with Crippen LogP contribution in [0.3, 0.4) is 0 Å². The molecule has 1 aromatic heterocycles. The molecule has 1 aromatic carbocycles. The summed E-state index contributed by atoms with van der Waals surface area (Å²) in [7, 11) is 0. The Kier molecular flexibility index (Phi) is 3.45. The monoisotopic (exact) mass is 286 g/mol. The summed E-state index contributed by atoms with van der Waals surface area (Å²) in [5.74, 6) is -0.323. The van der Waals surface area contributed by atoms with E-state index < -0.39 is 6.10 Å². The number of hydrogen-bond acceptors (Lipinski definition) is 4. The summed E-state index contributed by atoms with van der Waals surface area (Å²) < 4.78 is 5.01. The first-order valence-electron chi connectivity index (χ1n) is 6.56. The summed E-state index contributed by atoms with van der Waals surface area (Å²) in [5.41, 5.74) is 0.988. The van der Waals surface area contributed by atoms with Crippen LogP contribution in [0.4, 0.5) is 5.69 Å². The van der Waals surface area contributed by atoms with E-state index in [1.807, 2.05) is 0 Å². The lowest BCUT2D eigenvalue weighted by atomic mass is 10.1. The standard InChI is InChI=1S/C15H14N2O4/c18-12-8-17(9-12)15(20)10-3-1-4-11(7-10)16-14(19)13-5-2-6-21-13/h1-7,12,18H,8-9H2,(H,16,19). The van der Waals surface area contributed by atoms with Gasteiger partial charge in [0.2, 0.25) is 0 Å². The summed E-state index contributed by atoms with van der Waals surface area (Å²) in [5, 5.41) is 11.9. The number of amides is 2. The summed E-state index contributed by atoms with van der Waals surface area (Å²) in [4.78, 5) is 25.5. The van der Waals surface area contributed by atoms with Crippen molar-refractivity contribution in [2.45, 2.75) is 6.10 Å². The molecule has 0 aliphatic carbocycles. The zero-order valence-electron chi connectivity index (χ0n) is 11.2. The summed E-state index contributed by atoms with van der Waals surface area (Å²) >= 11 is 0. The third-order valence-corrected chi connectivity index (χ3v) is 3.26. The van der Waals surface area contributed by atoms with Gasteiger partial charge in [0.15, 0.2) is 5.76 Å². The van der Waals surface area contributed by atoms with E-state index in [2.05, 4.69) is 5.32 Å². The summed E-state index contributed by atoms with van der Waals surface area (Å²) in [6.45, 7) is 0.698. The molecule has 0 bridgehead atoms. The predicted molar refractivity (Wildman–Crippen MR) is 75.0 cm³/mol. The molecule has 2 amide bonds. The zero-order chi connectivity index (χ0) is 14.8. The van der Waals surface area contributed by atoms with Crippen LogP contribution in [0.15, 0.2) is 47.1 Å². The Morgan fingerprint density at radius 3 is 2.71 bits per heavy atom. The van der Waals surface area contributed by atoms with Gasteiger partial charge in [0.1, 0.15) is 0 Å². The SMILES string of the molecule is O=C(Nc1cccc(C(=O)N2CC(O)C2)c1)c1ccco1. The minimum Gasteiger partial charge on any atom is -0.459 e. The minimum atomic E-state index is -0.434. The lowest BCUT2D eigenvalue weighted by Crippen LogP contribution is -2.53. The van der Waals surface area contributed by atoms with Crippen LogP contribution in [0.1, 0.15) is 20.9 Å². The molecule has 1 aliphatic rings. The van der Waals surface area contributed by atoms with Crippen LogP contribution in [-0.2, 0) is 0 Å². The Labute approximate surface area is 121 Å². The molecule has 0 radical (unpaired) electrons. The number of hydrogen-bond donors (Lipinski definition) is 2. The van der Waals surface area contributed by atoms with E-state index in [0.29, 0.717) is 24.3 Å². The number of rotatable bonds is 3. The molecule has 0 unspecified atom stereocenters. The summed E-state index contributed by atoms with van der Waals surface area (Å²) in [6, 6.07) is 9.86. The third kappa shape index (κ3) is 2.80. The Balaban J connectivity index is 1.71. The van der Waals surface area contributed by atoms with E-state index in [1.165, 1.54) is 6.26 Å². The van der Waals surface area contributed by atoms with E-state index in [9.17, 15) is 14.7 Å². The highest BCUT2D eigenvalue weighted by Crippen LogP contribution is 2.17. The largest absolute Gasteiger partial charge is 0.459 e. The van der Waals surface area contributed by atoms with Crippen molar-refractivity contribution in [3.8, 4) is 0 Å². The number of aliphatic hydroxyl groups is 1. The molecule has 2 aromatic rings. The van der Waals surface area contributed by atoms with E-state index in [4.69, 9.17) is 4.42 Å². The van der Waals surface area contributed by atoms with Crippen molar-refractivity contribution in [2.75, 3.05) is 18.4 Å². The second-order valence-electron chi connectivity index (χ2n) is 4.88. The van der Waals surface area contributed by atoms with Gasteiger partial charge in [-0.25, -0.2) is 0 Å². The number of benzene rings is 1. The van der Waals surface area contributed by atoms with Crippen LogP contribution in [0.25, 0.3) is 0 Å². The number of anilines is 1. The molecule has 6 nitrogen and oxygen atoms in total. The van der Waals surface area contributed by atoms with Crippen molar-refractivity contribution in [3.05, 3.63) is 54.0 Å². The highest BCUT2D eigenvalue weighted by molar-refractivity contribution is 6.03. The molecule has 0 saturated carbocycles.